The molecule has 0 aliphatic heterocycles. The Morgan fingerprint density at radius 3 is 2.27 bits per heavy atom. The molecule has 0 aromatic heterocycles. The lowest BCUT2D eigenvalue weighted by Crippen LogP contribution is -2.08. The predicted molar refractivity (Wildman–Crippen MR) is 54.2 cm³/mol. The molecule has 0 atom stereocenters. The van der Waals surface area contributed by atoms with Crippen molar-refractivity contribution in [2.75, 3.05) is 6.54 Å². The van der Waals surface area contributed by atoms with Gasteiger partial charge in [0, 0.05) is 4.97 Å². The molecule has 0 unspecified atom stereocenters. The molecule has 82 valence electrons. The summed E-state index contributed by atoms with van der Waals surface area (Å²) in [5.41, 5.74) is 0.331. The summed E-state index contributed by atoms with van der Waals surface area (Å²) < 4.78 is 0. The fourth-order valence-corrected chi connectivity index (χ4v) is 0.720. The highest BCUT2D eigenvalue weighted by Gasteiger charge is 1.96. The maximum absolute atomic E-state index is 10.2. The van der Waals surface area contributed by atoms with E-state index >= 15 is 0 Å². The molecule has 0 aliphatic carbocycles. The van der Waals surface area contributed by atoms with E-state index in [4.69, 9.17) is 5.11 Å². The van der Waals surface area contributed by atoms with Gasteiger partial charge >= 0.3 is 5.97 Å². The lowest BCUT2D eigenvalue weighted by atomic mass is 10.2. The van der Waals surface area contributed by atoms with Crippen molar-refractivity contribution in [2.45, 2.75) is 6.92 Å². The first-order chi connectivity index (χ1) is 7.07. The van der Waals surface area contributed by atoms with Crippen LogP contribution in [0.25, 0.3) is 0 Å². The Bertz CT molecular complexity index is 321. The van der Waals surface area contributed by atoms with Gasteiger partial charge in [0.2, 0.25) is 0 Å². The van der Waals surface area contributed by atoms with Crippen molar-refractivity contribution in [2.24, 2.45) is 11.0 Å². The molecule has 0 spiro atoms. The Balaban J connectivity index is 0.000000288. The molecule has 0 saturated heterocycles. The van der Waals surface area contributed by atoms with Crippen LogP contribution in [-0.4, -0.2) is 22.6 Å². The van der Waals surface area contributed by atoms with Crippen LogP contribution in [0.15, 0.2) is 35.4 Å². The van der Waals surface area contributed by atoms with E-state index in [9.17, 15) is 10.0 Å². The number of hydrazine groups is 1. The zero-order valence-electron chi connectivity index (χ0n) is 8.33. The molecule has 6 nitrogen and oxygen atoms in total. The molecule has 3 N–H and O–H groups in total. The van der Waals surface area contributed by atoms with Gasteiger partial charge in [0.25, 0.3) is 0 Å². The molecule has 1 aromatic rings. The monoisotopic (exact) mass is 211 g/mol. The van der Waals surface area contributed by atoms with Crippen molar-refractivity contribution >= 4 is 5.97 Å². The number of carboxylic acid groups (broad SMARTS) is 1. The minimum Gasteiger partial charge on any atom is -0.572 e. The Labute approximate surface area is 87.2 Å². The second-order valence-electron chi connectivity index (χ2n) is 2.43. The van der Waals surface area contributed by atoms with Crippen LogP contribution < -0.4 is 5.84 Å². The summed E-state index contributed by atoms with van der Waals surface area (Å²) in [7, 11) is 0. The zero-order chi connectivity index (χ0) is 11.7. The Morgan fingerprint density at radius 2 is 2.07 bits per heavy atom. The van der Waals surface area contributed by atoms with Crippen LogP contribution in [0.4, 0.5) is 0 Å². The van der Waals surface area contributed by atoms with Crippen molar-refractivity contribution in [3.05, 3.63) is 41.1 Å². The average molecular weight is 211 g/mol. The normalized spacial score (nSPS) is 10.1. The smallest absolute Gasteiger partial charge is 0.335 e. The van der Waals surface area contributed by atoms with Crippen LogP contribution in [0.5, 0.6) is 0 Å². The van der Waals surface area contributed by atoms with Crippen LogP contribution in [0.3, 0.4) is 0 Å². The topological polar surface area (TPSA) is 102 Å². The highest BCUT2D eigenvalue weighted by atomic mass is 16.5. The largest absolute Gasteiger partial charge is 0.572 e. The van der Waals surface area contributed by atoms with Crippen LogP contribution in [-0.2, 0) is 0 Å². The van der Waals surface area contributed by atoms with E-state index in [0.717, 1.165) is 0 Å². The maximum atomic E-state index is 10.2. The summed E-state index contributed by atoms with van der Waals surface area (Å²) in [5.74, 6) is 3.63. The number of hydrogen-bond donors (Lipinski definition) is 2. The first-order valence-electron chi connectivity index (χ1n) is 4.25. The quantitative estimate of drug-likeness (QED) is 0.332. The van der Waals surface area contributed by atoms with Crippen LogP contribution in [0, 0.1) is 5.21 Å². The van der Waals surface area contributed by atoms with E-state index in [0.29, 0.717) is 12.1 Å². The summed E-state index contributed by atoms with van der Waals surface area (Å²) in [6, 6.07) is 8.30. The standard InChI is InChI=1S/C7H6O2.C2H7N3O/c8-7(9)6-4-2-1-3-5-6;1-2-4-5(3)6/h1-5H,(H,8,9);2H2,1H3,(H2,3,4). The van der Waals surface area contributed by atoms with Crippen LogP contribution in [0.1, 0.15) is 17.3 Å². The fraction of sp³-hybridized carbons (Fsp3) is 0.222. The van der Waals surface area contributed by atoms with Gasteiger partial charge in [0.15, 0.2) is 0 Å². The summed E-state index contributed by atoms with van der Waals surface area (Å²) in [4.78, 5) is 10.3. The molecule has 1 aromatic carbocycles. The van der Waals surface area contributed by atoms with Crippen LogP contribution >= 0.6 is 0 Å². The van der Waals surface area contributed by atoms with E-state index in [1.165, 1.54) is 0 Å². The molecule has 0 fully saturated rings. The average Bonchev–Trinajstić information content (AvgIpc) is 2.20. The Kier molecular flexibility index (Phi) is 6.28. The van der Waals surface area contributed by atoms with Crippen molar-refractivity contribution < 1.29 is 14.9 Å². The molecule has 0 saturated carbocycles. The van der Waals surface area contributed by atoms with Gasteiger partial charge in [0.05, 0.1) is 5.56 Å². The Hall–Kier alpha value is -2.11. The molecular weight excluding hydrogens is 198 g/mol. The van der Waals surface area contributed by atoms with Gasteiger partial charge in [-0.05, 0) is 24.2 Å². The molecule has 0 amide bonds. The number of rotatable bonds is 2. The maximum Gasteiger partial charge on any atom is 0.335 e. The van der Waals surface area contributed by atoms with Crippen LogP contribution in [0.2, 0.25) is 0 Å². The molecule has 0 aliphatic rings. The summed E-state index contributed by atoms with van der Waals surface area (Å²) in [5, 5.41) is 21.1. The number of benzene rings is 1. The number of aromatic carboxylic acids is 1. The summed E-state index contributed by atoms with van der Waals surface area (Å²) in [6.45, 7) is 2.18. The number of hydrogen-bond acceptors (Lipinski definition) is 3. The van der Waals surface area contributed by atoms with E-state index < -0.39 is 5.97 Å². The first-order valence-corrected chi connectivity index (χ1v) is 4.25. The third-order valence-electron chi connectivity index (χ3n) is 1.30. The van der Waals surface area contributed by atoms with Gasteiger partial charge in [-0.3, -0.25) is 0 Å². The number of carbonyl (C=O) groups is 1. The first kappa shape index (κ1) is 12.9. The number of carboxylic acids is 1. The predicted octanol–water partition coefficient (Wildman–Crippen LogP) is 1.23. The molecule has 6 heteroatoms. The van der Waals surface area contributed by atoms with Crippen molar-refractivity contribution in [3.8, 4) is 0 Å². The molecule has 0 heterocycles. The summed E-state index contributed by atoms with van der Waals surface area (Å²) in [6.07, 6.45) is 0. The highest BCUT2D eigenvalue weighted by Crippen LogP contribution is 1.96. The molecular formula is C9H13N3O3. The third-order valence-corrected chi connectivity index (χ3v) is 1.30. The second kappa shape index (κ2) is 7.31. The number of nitrogens with two attached hydrogens (primary N) is 1. The third kappa shape index (κ3) is 7.00. The van der Waals surface area contributed by atoms with Gasteiger partial charge < -0.3 is 10.3 Å². The van der Waals surface area contributed by atoms with Gasteiger partial charge in [-0.15, -0.1) is 0 Å². The second-order valence-corrected chi connectivity index (χ2v) is 2.43. The SMILES string of the molecule is CC/N=[N+](\N)[O-].O=C(O)c1ccccc1. The van der Waals surface area contributed by atoms with Gasteiger partial charge in [-0.2, -0.15) is 5.84 Å². The minimum atomic E-state index is -0.879. The van der Waals surface area contributed by atoms with E-state index in [-0.39, 0.29) is 4.97 Å². The van der Waals surface area contributed by atoms with E-state index in [2.05, 4.69) is 11.0 Å². The van der Waals surface area contributed by atoms with Crippen molar-refractivity contribution in [3.63, 3.8) is 0 Å². The van der Waals surface area contributed by atoms with Crippen molar-refractivity contribution in [1.82, 2.24) is 0 Å². The number of nitrogens with zero attached hydrogens (tertiary/aromatic N) is 2. The van der Waals surface area contributed by atoms with Gasteiger partial charge in [-0.1, -0.05) is 18.2 Å². The Morgan fingerprint density at radius 1 is 1.53 bits per heavy atom. The lowest BCUT2D eigenvalue weighted by molar-refractivity contribution is -0.542. The van der Waals surface area contributed by atoms with Gasteiger partial charge in [0.1, 0.15) is 6.54 Å². The van der Waals surface area contributed by atoms with E-state index in [1.54, 1.807) is 37.3 Å². The van der Waals surface area contributed by atoms with E-state index in [1.807, 2.05) is 0 Å². The molecule has 1 rings (SSSR count). The molecule has 0 bridgehead atoms. The van der Waals surface area contributed by atoms with Crippen molar-refractivity contribution in [1.29, 1.82) is 0 Å². The fourth-order valence-electron chi connectivity index (χ4n) is 0.720. The van der Waals surface area contributed by atoms with Gasteiger partial charge in [-0.25, -0.2) is 4.79 Å². The molecule has 0 radical (unpaired) electrons. The molecule has 15 heavy (non-hydrogen) atoms. The summed E-state index contributed by atoms with van der Waals surface area (Å²) >= 11 is 0. The minimum absolute atomic E-state index is 0.0556. The zero-order valence-corrected chi connectivity index (χ0v) is 8.33. The lowest BCUT2D eigenvalue weighted by Gasteiger charge is -1.88. The highest BCUT2D eigenvalue weighted by molar-refractivity contribution is 5.87.